The molecule has 6 heteroatoms. The SMILES string of the molecule is NSOC1(C(F)(F)F)CCC1. The summed E-state index contributed by atoms with van der Waals surface area (Å²) in [5.74, 6) is 0. The molecular formula is C5H8F3NOS. The minimum atomic E-state index is -4.28. The van der Waals surface area contributed by atoms with Gasteiger partial charge < -0.3 is 0 Å². The van der Waals surface area contributed by atoms with Crippen molar-refractivity contribution in [1.82, 2.24) is 0 Å². The van der Waals surface area contributed by atoms with E-state index in [2.05, 4.69) is 4.18 Å². The van der Waals surface area contributed by atoms with Gasteiger partial charge in [-0.1, -0.05) is 0 Å². The minimum Gasteiger partial charge on any atom is -0.285 e. The minimum absolute atomic E-state index is 0.0285. The van der Waals surface area contributed by atoms with E-state index in [0.717, 1.165) is 0 Å². The normalized spacial score (nSPS) is 22.9. The smallest absolute Gasteiger partial charge is 0.285 e. The largest absolute Gasteiger partial charge is 0.418 e. The van der Waals surface area contributed by atoms with Crippen molar-refractivity contribution in [2.75, 3.05) is 0 Å². The molecule has 1 saturated carbocycles. The van der Waals surface area contributed by atoms with E-state index in [0.29, 0.717) is 18.6 Å². The third kappa shape index (κ3) is 1.47. The van der Waals surface area contributed by atoms with E-state index >= 15 is 0 Å². The van der Waals surface area contributed by atoms with Crippen LogP contribution in [0.15, 0.2) is 0 Å². The number of halogens is 3. The molecule has 2 N–H and O–H groups in total. The molecule has 0 aromatic heterocycles. The maximum atomic E-state index is 12.1. The average molecular weight is 187 g/mol. The quantitative estimate of drug-likeness (QED) is 0.530. The highest BCUT2D eigenvalue weighted by atomic mass is 32.2. The van der Waals surface area contributed by atoms with Gasteiger partial charge in [-0.25, -0.2) is 0 Å². The van der Waals surface area contributed by atoms with Crippen LogP contribution in [0.5, 0.6) is 0 Å². The zero-order valence-electron chi connectivity index (χ0n) is 5.65. The fourth-order valence-electron chi connectivity index (χ4n) is 1.00. The molecule has 2 nitrogen and oxygen atoms in total. The average Bonchev–Trinajstić information content (AvgIpc) is 1.75. The summed E-state index contributed by atoms with van der Waals surface area (Å²) in [5.41, 5.74) is -1.95. The molecule has 1 fully saturated rings. The second kappa shape index (κ2) is 2.84. The van der Waals surface area contributed by atoms with Gasteiger partial charge in [-0.05, 0) is 19.3 Å². The van der Waals surface area contributed by atoms with E-state index in [1.54, 1.807) is 0 Å². The van der Waals surface area contributed by atoms with Crippen LogP contribution in [0.2, 0.25) is 0 Å². The zero-order chi connectivity index (χ0) is 8.54. The van der Waals surface area contributed by atoms with E-state index in [-0.39, 0.29) is 12.8 Å². The molecule has 0 bridgehead atoms. The predicted molar refractivity (Wildman–Crippen MR) is 35.5 cm³/mol. The van der Waals surface area contributed by atoms with Crippen LogP contribution in [0.25, 0.3) is 0 Å². The summed E-state index contributed by atoms with van der Waals surface area (Å²) in [5, 5.41) is 4.82. The zero-order valence-corrected chi connectivity index (χ0v) is 6.47. The van der Waals surface area contributed by atoms with Crippen molar-refractivity contribution < 1.29 is 17.4 Å². The Morgan fingerprint density at radius 3 is 2.00 bits per heavy atom. The van der Waals surface area contributed by atoms with Crippen LogP contribution >= 0.6 is 12.2 Å². The summed E-state index contributed by atoms with van der Waals surface area (Å²) in [7, 11) is 0. The van der Waals surface area contributed by atoms with Gasteiger partial charge in [-0.15, -0.1) is 0 Å². The number of rotatable bonds is 2. The van der Waals surface area contributed by atoms with E-state index in [1.807, 2.05) is 0 Å². The molecule has 66 valence electrons. The predicted octanol–water partition coefficient (Wildman–Crippen LogP) is 2.01. The lowest BCUT2D eigenvalue weighted by atomic mass is 9.80. The fourth-order valence-corrected chi connectivity index (χ4v) is 1.45. The third-order valence-corrected chi connectivity index (χ3v) is 2.30. The highest BCUT2D eigenvalue weighted by Gasteiger charge is 2.60. The van der Waals surface area contributed by atoms with Gasteiger partial charge in [-0.3, -0.25) is 9.32 Å². The molecule has 1 rings (SSSR count). The van der Waals surface area contributed by atoms with E-state index in [4.69, 9.17) is 5.14 Å². The number of nitrogens with two attached hydrogens (primary N) is 1. The van der Waals surface area contributed by atoms with Gasteiger partial charge >= 0.3 is 6.18 Å². The summed E-state index contributed by atoms with van der Waals surface area (Å²) in [6.07, 6.45) is -3.67. The van der Waals surface area contributed by atoms with Gasteiger partial charge in [-0.2, -0.15) is 13.2 Å². The molecule has 1 aliphatic carbocycles. The van der Waals surface area contributed by atoms with E-state index in [9.17, 15) is 13.2 Å². The number of alkyl halides is 3. The van der Waals surface area contributed by atoms with Crippen molar-refractivity contribution in [3.63, 3.8) is 0 Å². The van der Waals surface area contributed by atoms with Crippen molar-refractivity contribution in [2.24, 2.45) is 5.14 Å². The molecule has 0 heterocycles. The molecule has 0 aromatic carbocycles. The Bertz CT molecular complexity index is 145. The van der Waals surface area contributed by atoms with Crippen LogP contribution < -0.4 is 5.14 Å². The van der Waals surface area contributed by atoms with E-state index in [1.165, 1.54) is 0 Å². The summed E-state index contributed by atoms with van der Waals surface area (Å²) >= 11 is 0.291. The van der Waals surface area contributed by atoms with Gasteiger partial charge in [0.15, 0.2) is 5.60 Å². The van der Waals surface area contributed by atoms with Crippen molar-refractivity contribution >= 4 is 12.2 Å². The monoisotopic (exact) mass is 187 g/mol. The molecule has 0 unspecified atom stereocenters. The molecule has 0 saturated heterocycles. The lowest BCUT2D eigenvalue weighted by Gasteiger charge is -2.40. The standard InChI is InChI=1S/C5H8F3NOS/c6-5(7,8)4(10-11-9)2-1-3-4/h1-3,9H2. The Morgan fingerprint density at radius 1 is 1.36 bits per heavy atom. The van der Waals surface area contributed by atoms with Gasteiger partial charge in [0.05, 0.1) is 12.2 Å². The summed E-state index contributed by atoms with van der Waals surface area (Å²) in [4.78, 5) is 0. The first-order valence-electron chi connectivity index (χ1n) is 3.13. The molecule has 0 spiro atoms. The lowest BCUT2D eigenvalue weighted by molar-refractivity contribution is -0.270. The molecule has 11 heavy (non-hydrogen) atoms. The van der Waals surface area contributed by atoms with Crippen LogP contribution in [-0.4, -0.2) is 11.8 Å². The fraction of sp³-hybridized carbons (Fsp3) is 1.00. The number of hydrogen-bond acceptors (Lipinski definition) is 3. The molecule has 0 radical (unpaired) electrons. The maximum Gasteiger partial charge on any atom is 0.418 e. The van der Waals surface area contributed by atoms with Crippen LogP contribution in [0.1, 0.15) is 19.3 Å². The second-order valence-corrected chi connectivity index (χ2v) is 2.88. The first-order chi connectivity index (χ1) is 5.02. The highest BCUT2D eigenvalue weighted by Crippen LogP contribution is 2.49. The Morgan fingerprint density at radius 2 is 1.91 bits per heavy atom. The van der Waals surface area contributed by atoms with Gasteiger partial charge in [0.25, 0.3) is 0 Å². The number of hydrogen-bond donors (Lipinski definition) is 1. The molecule has 1 aliphatic rings. The Labute approximate surface area is 66.6 Å². The van der Waals surface area contributed by atoms with Gasteiger partial charge in [0.1, 0.15) is 0 Å². The third-order valence-electron chi connectivity index (χ3n) is 1.89. The Kier molecular flexibility index (Phi) is 2.36. The topological polar surface area (TPSA) is 35.2 Å². The van der Waals surface area contributed by atoms with Crippen molar-refractivity contribution in [3.8, 4) is 0 Å². The first-order valence-corrected chi connectivity index (χ1v) is 3.94. The summed E-state index contributed by atoms with van der Waals surface area (Å²) in [6, 6.07) is 0. The van der Waals surface area contributed by atoms with Crippen LogP contribution in [-0.2, 0) is 4.18 Å². The van der Waals surface area contributed by atoms with Gasteiger partial charge in [0, 0.05) is 0 Å². The van der Waals surface area contributed by atoms with E-state index < -0.39 is 11.8 Å². The molecule has 0 aliphatic heterocycles. The highest BCUT2D eigenvalue weighted by molar-refractivity contribution is 7.92. The molecule has 0 amide bonds. The van der Waals surface area contributed by atoms with Crippen LogP contribution in [0, 0.1) is 0 Å². The summed E-state index contributed by atoms with van der Waals surface area (Å²) < 4.78 is 40.8. The Hall–Kier alpha value is 0.0600. The molecule has 0 aromatic rings. The van der Waals surface area contributed by atoms with Crippen molar-refractivity contribution in [1.29, 1.82) is 0 Å². The summed E-state index contributed by atoms with van der Waals surface area (Å²) in [6.45, 7) is 0. The van der Waals surface area contributed by atoms with Crippen LogP contribution in [0.4, 0.5) is 13.2 Å². The second-order valence-electron chi connectivity index (χ2n) is 2.53. The first kappa shape index (κ1) is 9.15. The molecule has 0 atom stereocenters. The maximum absolute atomic E-state index is 12.1. The molecular weight excluding hydrogens is 179 g/mol. The van der Waals surface area contributed by atoms with Crippen molar-refractivity contribution in [3.05, 3.63) is 0 Å². The van der Waals surface area contributed by atoms with Gasteiger partial charge in [0.2, 0.25) is 0 Å². The lowest BCUT2D eigenvalue weighted by Crippen LogP contribution is -2.52. The van der Waals surface area contributed by atoms with Crippen LogP contribution in [0.3, 0.4) is 0 Å². The van der Waals surface area contributed by atoms with Crippen molar-refractivity contribution in [2.45, 2.75) is 31.0 Å². The Balaban J connectivity index is 2.60.